The highest BCUT2D eigenvalue weighted by Crippen LogP contribution is 2.38. The highest BCUT2D eigenvalue weighted by molar-refractivity contribution is 6.28. The van der Waals surface area contributed by atoms with E-state index in [1.807, 2.05) is 13.8 Å². The van der Waals surface area contributed by atoms with Crippen molar-refractivity contribution in [2.24, 2.45) is 0 Å². The number of nitrogens with zero attached hydrogens (tertiary/aromatic N) is 2. The van der Waals surface area contributed by atoms with Crippen LogP contribution in [0.2, 0.25) is 5.28 Å². The van der Waals surface area contributed by atoms with Gasteiger partial charge in [-0.1, -0.05) is 6.58 Å². The van der Waals surface area contributed by atoms with E-state index in [-0.39, 0.29) is 10.8 Å². The number of aromatic nitrogens is 2. The van der Waals surface area contributed by atoms with E-state index >= 15 is 0 Å². The van der Waals surface area contributed by atoms with Crippen LogP contribution in [0.4, 0.5) is 5.82 Å². The normalized spacial score (nSPS) is 18.2. The van der Waals surface area contributed by atoms with Crippen molar-refractivity contribution < 1.29 is 0 Å². The minimum Gasteiger partial charge on any atom is -0.360 e. The topological polar surface area (TPSA) is 37.8 Å². The van der Waals surface area contributed by atoms with Gasteiger partial charge in [-0.15, -0.1) is 0 Å². The van der Waals surface area contributed by atoms with Gasteiger partial charge in [0.2, 0.25) is 5.28 Å². The van der Waals surface area contributed by atoms with E-state index in [1.54, 1.807) is 6.20 Å². The molecule has 0 saturated carbocycles. The fraction of sp³-hybridized carbons (Fsp3) is 0.333. The maximum atomic E-state index is 5.67. The van der Waals surface area contributed by atoms with Gasteiger partial charge >= 0.3 is 0 Å². The van der Waals surface area contributed by atoms with E-state index in [2.05, 4.69) is 21.9 Å². The van der Waals surface area contributed by atoms with Crippen LogP contribution in [0.3, 0.4) is 0 Å². The Bertz CT molecular complexity index is 384. The summed E-state index contributed by atoms with van der Waals surface area (Å²) in [7, 11) is 0. The van der Waals surface area contributed by atoms with Crippen LogP contribution in [0.1, 0.15) is 19.4 Å². The molecule has 1 aromatic heterocycles. The lowest BCUT2D eigenvalue weighted by molar-refractivity contribution is 0.753. The van der Waals surface area contributed by atoms with E-state index in [0.29, 0.717) is 0 Å². The van der Waals surface area contributed by atoms with Crippen LogP contribution in [-0.4, -0.2) is 15.5 Å². The van der Waals surface area contributed by atoms with Crippen molar-refractivity contribution in [1.82, 2.24) is 9.97 Å². The molecule has 1 N–H and O–H groups in total. The van der Waals surface area contributed by atoms with Gasteiger partial charge in [-0.2, -0.15) is 0 Å². The van der Waals surface area contributed by atoms with Gasteiger partial charge in [-0.05, 0) is 31.0 Å². The number of halogens is 1. The second-order valence-electron chi connectivity index (χ2n) is 3.63. The number of anilines is 1. The molecule has 0 aliphatic carbocycles. The zero-order valence-electron chi connectivity index (χ0n) is 7.56. The van der Waals surface area contributed by atoms with Gasteiger partial charge < -0.3 is 5.32 Å². The molecule has 0 amide bonds. The lowest BCUT2D eigenvalue weighted by Crippen LogP contribution is -2.26. The highest BCUT2D eigenvalue weighted by atomic mass is 35.5. The number of nitrogens with one attached hydrogen (secondary N) is 1. The first-order chi connectivity index (χ1) is 6.00. The summed E-state index contributed by atoms with van der Waals surface area (Å²) in [6.45, 7) is 8.09. The van der Waals surface area contributed by atoms with Gasteiger partial charge in [0.1, 0.15) is 5.82 Å². The van der Waals surface area contributed by atoms with Gasteiger partial charge in [0.25, 0.3) is 0 Å². The second-order valence-corrected chi connectivity index (χ2v) is 3.97. The molecule has 0 fully saturated rings. The van der Waals surface area contributed by atoms with Crippen LogP contribution in [0.25, 0.3) is 5.57 Å². The summed E-state index contributed by atoms with van der Waals surface area (Å²) in [4.78, 5) is 8.00. The number of hydrogen-bond donors (Lipinski definition) is 1. The van der Waals surface area contributed by atoms with Crippen molar-refractivity contribution in [2.45, 2.75) is 19.4 Å². The standard InChI is InChI=1S/C9H10ClN3/c1-5-6-4-11-8(10)12-7(6)13-9(5,2)3/h4H,1H2,2-3H3,(H,11,12,13). The van der Waals surface area contributed by atoms with Crippen molar-refractivity contribution >= 4 is 23.0 Å². The second kappa shape index (κ2) is 2.45. The Balaban J connectivity index is 2.57. The Morgan fingerprint density at radius 1 is 1.54 bits per heavy atom. The smallest absolute Gasteiger partial charge is 0.224 e. The minimum absolute atomic E-state index is 0.151. The van der Waals surface area contributed by atoms with Crippen molar-refractivity contribution in [3.8, 4) is 0 Å². The minimum atomic E-state index is -0.151. The molecule has 0 radical (unpaired) electrons. The number of fused-ring (bicyclic) bond motifs is 1. The summed E-state index contributed by atoms with van der Waals surface area (Å²) >= 11 is 5.67. The van der Waals surface area contributed by atoms with Crippen LogP contribution >= 0.6 is 11.6 Å². The van der Waals surface area contributed by atoms with Gasteiger partial charge in [0, 0.05) is 11.8 Å². The molecule has 68 valence electrons. The van der Waals surface area contributed by atoms with Crippen molar-refractivity contribution in [3.05, 3.63) is 23.6 Å². The van der Waals surface area contributed by atoms with Crippen LogP contribution in [0, 0.1) is 0 Å². The number of hydrogen-bond acceptors (Lipinski definition) is 3. The first-order valence-electron chi connectivity index (χ1n) is 4.01. The molecule has 1 aromatic rings. The molecule has 0 bridgehead atoms. The van der Waals surface area contributed by atoms with E-state index in [9.17, 15) is 0 Å². The van der Waals surface area contributed by atoms with Gasteiger partial charge in [0.15, 0.2) is 0 Å². The Morgan fingerprint density at radius 3 is 2.92 bits per heavy atom. The molecular weight excluding hydrogens is 186 g/mol. The summed E-state index contributed by atoms with van der Waals surface area (Å²) in [5.41, 5.74) is 1.80. The molecule has 1 aliphatic heterocycles. The van der Waals surface area contributed by atoms with E-state index in [4.69, 9.17) is 11.6 Å². The SMILES string of the molecule is C=C1c2cnc(Cl)nc2NC1(C)C. The Morgan fingerprint density at radius 2 is 2.23 bits per heavy atom. The van der Waals surface area contributed by atoms with E-state index < -0.39 is 0 Å². The zero-order valence-corrected chi connectivity index (χ0v) is 8.31. The quantitative estimate of drug-likeness (QED) is 0.646. The third-order valence-corrected chi connectivity index (χ3v) is 2.45. The molecule has 0 spiro atoms. The summed E-state index contributed by atoms with van der Waals surface area (Å²) < 4.78 is 0. The molecule has 2 rings (SSSR count). The van der Waals surface area contributed by atoms with E-state index in [0.717, 1.165) is 17.0 Å². The molecular formula is C9H10ClN3. The molecule has 0 unspecified atom stereocenters. The largest absolute Gasteiger partial charge is 0.360 e. The number of rotatable bonds is 0. The van der Waals surface area contributed by atoms with Crippen molar-refractivity contribution in [2.75, 3.05) is 5.32 Å². The van der Waals surface area contributed by atoms with Gasteiger partial charge in [-0.3, -0.25) is 0 Å². The molecule has 0 atom stereocenters. The fourth-order valence-electron chi connectivity index (χ4n) is 1.38. The monoisotopic (exact) mass is 195 g/mol. The average molecular weight is 196 g/mol. The molecule has 4 heteroatoms. The lowest BCUT2D eigenvalue weighted by Gasteiger charge is -2.19. The Labute approximate surface area is 81.9 Å². The summed E-state index contributed by atoms with van der Waals surface area (Å²) in [6, 6.07) is 0. The maximum absolute atomic E-state index is 5.67. The lowest BCUT2D eigenvalue weighted by atomic mass is 9.96. The molecule has 1 aliphatic rings. The summed E-state index contributed by atoms with van der Waals surface area (Å²) in [5.74, 6) is 0.773. The first-order valence-corrected chi connectivity index (χ1v) is 4.39. The van der Waals surface area contributed by atoms with Crippen LogP contribution in [0.5, 0.6) is 0 Å². The zero-order chi connectivity index (χ0) is 9.64. The van der Waals surface area contributed by atoms with Crippen LogP contribution in [0.15, 0.2) is 12.8 Å². The summed E-state index contributed by atoms with van der Waals surface area (Å²) in [5, 5.41) is 3.49. The summed E-state index contributed by atoms with van der Waals surface area (Å²) in [6.07, 6.45) is 1.70. The van der Waals surface area contributed by atoms with Crippen molar-refractivity contribution in [3.63, 3.8) is 0 Å². The first kappa shape index (κ1) is 8.51. The highest BCUT2D eigenvalue weighted by Gasteiger charge is 2.32. The third kappa shape index (κ3) is 1.20. The molecule has 2 heterocycles. The van der Waals surface area contributed by atoms with Crippen LogP contribution in [-0.2, 0) is 0 Å². The van der Waals surface area contributed by atoms with Gasteiger partial charge in [0.05, 0.1) is 5.54 Å². The molecule has 13 heavy (non-hydrogen) atoms. The third-order valence-electron chi connectivity index (χ3n) is 2.27. The average Bonchev–Trinajstić information content (AvgIpc) is 2.22. The maximum Gasteiger partial charge on any atom is 0.224 e. The fourth-order valence-corrected chi connectivity index (χ4v) is 1.52. The predicted molar refractivity (Wildman–Crippen MR) is 53.8 cm³/mol. The molecule has 3 nitrogen and oxygen atoms in total. The predicted octanol–water partition coefficient (Wildman–Crippen LogP) is 2.35. The van der Waals surface area contributed by atoms with Crippen LogP contribution < -0.4 is 5.32 Å². The Kier molecular flexibility index (Phi) is 1.60. The Hall–Kier alpha value is -1.09. The van der Waals surface area contributed by atoms with Crippen molar-refractivity contribution in [1.29, 1.82) is 0 Å². The molecule has 0 aromatic carbocycles. The van der Waals surface area contributed by atoms with Gasteiger partial charge in [-0.25, -0.2) is 9.97 Å². The van der Waals surface area contributed by atoms with E-state index in [1.165, 1.54) is 0 Å². The molecule has 0 saturated heterocycles.